The quantitative estimate of drug-likeness (QED) is 0.231. The summed E-state index contributed by atoms with van der Waals surface area (Å²) in [6, 6.07) is 21.9. The molecule has 5 nitrogen and oxygen atoms in total. The zero-order valence-corrected chi connectivity index (χ0v) is 21.1. The first-order chi connectivity index (χ1) is 18.6. The fraction of sp³-hybridized carbons (Fsp3) is 0.226. The van der Waals surface area contributed by atoms with E-state index >= 15 is 0 Å². The molecule has 0 saturated carbocycles. The number of ether oxygens (including phenoxy) is 1. The van der Waals surface area contributed by atoms with E-state index in [1.807, 2.05) is 59.4 Å². The van der Waals surface area contributed by atoms with Gasteiger partial charge in [0.25, 0.3) is 0 Å². The average Bonchev–Trinajstić information content (AvgIpc) is 3.59. The van der Waals surface area contributed by atoms with Gasteiger partial charge in [0.15, 0.2) is 0 Å². The van der Waals surface area contributed by atoms with E-state index in [1.165, 1.54) is 27.5 Å². The third-order valence-electron chi connectivity index (χ3n) is 6.31. The summed E-state index contributed by atoms with van der Waals surface area (Å²) in [6.45, 7) is 6.68. The van der Waals surface area contributed by atoms with Crippen LogP contribution in [-0.4, -0.2) is 14.3 Å². The second kappa shape index (κ2) is 9.86. The molecule has 5 rings (SSSR count). The Balaban J connectivity index is 1.41. The first kappa shape index (κ1) is 20.1. The second-order valence-electron chi connectivity index (χ2n) is 9.62. The van der Waals surface area contributed by atoms with Crippen molar-refractivity contribution in [3.05, 3.63) is 109 Å². The lowest BCUT2D eigenvalue weighted by Crippen LogP contribution is -2.23. The van der Waals surface area contributed by atoms with Crippen LogP contribution in [0, 0.1) is 0 Å². The Morgan fingerprint density at radius 2 is 1.50 bits per heavy atom. The molecule has 182 valence electrons. The van der Waals surface area contributed by atoms with Crippen molar-refractivity contribution in [2.75, 3.05) is 0 Å². The highest BCUT2D eigenvalue weighted by atomic mass is 16.5. The fourth-order valence-corrected chi connectivity index (χ4v) is 4.52. The van der Waals surface area contributed by atoms with Gasteiger partial charge in [0.1, 0.15) is 29.6 Å². The molecular weight excluding hydrogens is 444 g/mol. The number of aromatic nitrogens is 4. The lowest BCUT2D eigenvalue weighted by molar-refractivity contribution is -0.670. The molecule has 0 unspecified atom stereocenters. The fourth-order valence-electron chi connectivity index (χ4n) is 4.52. The van der Waals surface area contributed by atoms with Crippen molar-refractivity contribution >= 4 is 0 Å². The van der Waals surface area contributed by atoms with Crippen molar-refractivity contribution in [2.24, 2.45) is 6.98 Å². The van der Waals surface area contributed by atoms with Gasteiger partial charge < -0.3 is 4.74 Å². The molecule has 5 aromatic rings. The van der Waals surface area contributed by atoms with Crippen molar-refractivity contribution < 1.29 is 13.4 Å². The van der Waals surface area contributed by atoms with Crippen LogP contribution in [0.5, 0.6) is 11.5 Å². The molecule has 0 aliphatic heterocycles. The molecular formula is C31H33N4O+. The van der Waals surface area contributed by atoms with Crippen LogP contribution in [-0.2, 0) is 6.98 Å². The number of nitrogens with zero attached hydrogens (tertiary/aromatic N) is 4. The SMILES string of the molecule is [2H]C([2H])([2H])[n+]1ccn(-c2cccc(Oc3cccc(-n4cc(-c5c(C(C)C)cccc5C(C)C)cn4)c3)c2)c1. The van der Waals surface area contributed by atoms with Crippen LogP contribution < -0.4 is 9.30 Å². The van der Waals surface area contributed by atoms with Crippen LogP contribution >= 0.6 is 0 Å². The predicted molar refractivity (Wildman–Crippen MR) is 144 cm³/mol. The Morgan fingerprint density at radius 3 is 2.14 bits per heavy atom. The highest BCUT2D eigenvalue weighted by Crippen LogP contribution is 2.36. The molecule has 0 aliphatic rings. The van der Waals surface area contributed by atoms with Crippen LogP contribution in [0.1, 0.15) is 54.8 Å². The van der Waals surface area contributed by atoms with Crippen molar-refractivity contribution in [1.82, 2.24) is 14.3 Å². The molecule has 5 heteroatoms. The number of rotatable bonds is 7. The van der Waals surface area contributed by atoms with Crippen molar-refractivity contribution in [2.45, 2.75) is 39.5 Å². The van der Waals surface area contributed by atoms with Gasteiger partial charge in [0.2, 0.25) is 6.33 Å². The average molecular weight is 481 g/mol. The van der Waals surface area contributed by atoms with Gasteiger partial charge in [-0.3, -0.25) is 0 Å². The Bertz CT molecular complexity index is 1570. The minimum Gasteiger partial charge on any atom is -0.457 e. The number of hydrogen-bond acceptors (Lipinski definition) is 2. The molecule has 0 fully saturated rings. The molecule has 0 saturated heterocycles. The van der Waals surface area contributed by atoms with Gasteiger partial charge in [0.05, 0.1) is 23.0 Å². The van der Waals surface area contributed by atoms with E-state index in [0.29, 0.717) is 23.3 Å². The van der Waals surface area contributed by atoms with Gasteiger partial charge in [0, 0.05) is 23.9 Å². The van der Waals surface area contributed by atoms with E-state index in [1.54, 1.807) is 17.1 Å². The molecule has 36 heavy (non-hydrogen) atoms. The maximum Gasteiger partial charge on any atom is 0.248 e. The predicted octanol–water partition coefficient (Wildman–Crippen LogP) is 7.19. The minimum absolute atomic E-state index is 0.403. The van der Waals surface area contributed by atoms with E-state index in [2.05, 4.69) is 52.1 Å². The smallest absolute Gasteiger partial charge is 0.248 e. The van der Waals surface area contributed by atoms with E-state index in [4.69, 9.17) is 13.9 Å². The van der Waals surface area contributed by atoms with Crippen LogP contribution in [0.15, 0.2) is 97.8 Å². The normalized spacial score (nSPS) is 13.0. The van der Waals surface area contributed by atoms with Gasteiger partial charge in [-0.1, -0.05) is 58.0 Å². The molecule has 0 amide bonds. The maximum atomic E-state index is 7.59. The van der Waals surface area contributed by atoms with E-state index < -0.39 is 6.98 Å². The Kier molecular flexibility index (Phi) is 5.51. The number of hydrogen-bond donors (Lipinski definition) is 0. The summed E-state index contributed by atoms with van der Waals surface area (Å²) in [7, 11) is 0. The number of aryl methyl sites for hydroxylation is 1. The van der Waals surface area contributed by atoms with E-state index in [-0.39, 0.29) is 0 Å². The van der Waals surface area contributed by atoms with Gasteiger partial charge >= 0.3 is 0 Å². The summed E-state index contributed by atoms with van der Waals surface area (Å²) in [6.07, 6.45) is 8.81. The molecule has 0 spiro atoms. The van der Waals surface area contributed by atoms with Gasteiger partial charge in [-0.2, -0.15) is 5.10 Å². The lowest BCUT2D eigenvalue weighted by Gasteiger charge is -2.18. The molecule has 3 aromatic carbocycles. The summed E-state index contributed by atoms with van der Waals surface area (Å²) in [5.74, 6) is 2.13. The number of imidazole rings is 1. The van der Waals surface area contributed by atoms with Gasteiger partial charge in [-0.05, 0) is 52.8 Å². The highest BCUT2D eigenvalue weighted by molar-refractivity contribution is 5.72. The Morgan fingerprint density at radius 1 is 0.861 bits per heavy atom. The zero-order chi connectivity index (χ0) is 27.7. The molecule has 0 radical (unpaired) electrons. The molecule has 2 heterocycles. The zero-order valence-electron chi connectivity index (χ0n) is 24.1. The standard InChI is InChI=1S/C31H33N4O/c1-22(2)29-13-8-14-30(23(3)4)31(29)24-19-32-35(20-24)26-10-7-12-28(18-26)36-27-11-6-9-25(17-27)34-16-15-33(5)21-34/h6-23H,1-5H3/q+1/i5D3. The molecule has 0 bridgehead atoms. The lowest BCUT2D eigenvalue weighted by atomic mass is 9.86. The number of benzene rings is 3. The summed E-state index contributed by atoms with van der Waals surface area (Å²) >= 11 is 0. The first-order valence-corrected chi connectivity index (χ1v) is 12.3. The van der Waals surface area contributed by atoms with E-state index in [0.717, 1.165) is 16.9 Å². The Hall–Kier alpha value is -4.12. The van der Waals surface area contributed by atoms with Crippen molar-refractivity contribution in [3.63, 3.8) is 0 Å². The largest absolute Gasteiger partial charge is 0.457 e. The van der Waals surface area contributed by atoms with E-state index in [9.17, 15) is 0 Å². The van der Waals surface area contributed by atoms with Crippen molar-refractivity contribution in [1.29, 1.82) is 0 Å². The maximum absolute atomic E-state index is 7.59. The van der Waals surface area contributed by atoms with Crippen LogP contribution in [0.3, 0.4) is 0 Å². The van der Waals surface area contributed by atoms with Gasteiger partial charge in [-0.15, -0.1) is 0 Å². The topological polar surface area (TPSA) is 35.9 Å². The monoisotopic (exact) mass is 480 g/mol. The first-order valence-electron chi connectivity index (χ1n) is 13.8. The molecule has 0 aliphatic carbocycles. The minimum atomic E-state index is -2.22. The van der Waals surface area contributed by atoms with Gasteiger partial charge in [-0.25, -0.2) is 13.8 Å². The van der Waals surface area contributed by atoms with Crippen LogP contribution in [0.4, 0.5) is 0 Å². The second-order valence-corrected chi connectivity index (χ2v) is 9.62. The highest BCUT2D eigenvalue weighted by Gasteiger charge is 2.17. The third-order valence-corrected chi connectivity index (χ3v) is 6.31. The molecule has 0 N–H and O–H groups in total. The molecule has 2 aromatic heterocycles. The summed E-state index contributed by atoms with van der Waals surface area (Å²) in [5, 5.41) is 4.70. The molecule has 0 atom stereocenters. The van der Waals surface area contributed by atoms with Crippen molar-refractivity contribution in [3.8, 4) is 34.0 Å². The summed E-state index contributed by atoms with van der Waals surface area (Å²) in [4.78, 5) is 0. The third kappa shape index (κ3) is 4.82. The summed E-state index contributed by atoms with van der Waals surface area (Å²) in [5.41, 5.74) is 6.71. The summed E-state index contributed by atoms with van der Waals surface area (Å²) < 4.78 is 33.8. The van der Waals surface area contributed by atoms with Crippen LogP contribution in [0.2, 0.25) is 0 Å². The van der Waals surface area contributed by atoms with Crippen LogP contribution in [0.25, 0.3) is 22.5 Å². The Labute approximate surface area is 217 Å².